The maximum absolute atomic E-state index is 13.9. The van der Waals surface area contributed by atoms with Crippen LogP contribution in [0.15, 0.2) is 42.5 Å². The van der Waals surface area contributed by atoms with Gasteiger partial charge in [-0.3, -0.25) is 4.79 Å². The first kappa shape index (κ1) is 17.3. The van der Waals surface area contributed by atoms with Crippen molar-refractivity contribution in [3.8, 4) is 0 Å². The van der Waals surface area contributed by atoms with Gasteiger partial charge in [0.15, 0.2) is 0 Å². The Labute approximate surface area is 135 Å². The molecule has 23 heavy (non-hydrogen) atoms. The molecule has 0 saturated carbocycles. The second-order valence-electron chi connectivity index (χ2n) is 4.73. The fraction of sp³-hybridized carbons (Fsp3) is 0.188. The summed E-state index contributed by atoms with van der Waals surface area (Å²) in [4.78, 5) is 10.6. The van der Waals surface area contributed by atoms with E-state index in [0.717, 1.165) is 18.2 Å². The minimum absolute atomic E-state index is 0.164. The second-order valence-corrected chi connectivity index (χ2v) is 5.54. The third-order valence-electron chi connectivity index (χ3n) is 3.23. The molecule has 0 bridgehead atoms. The smallest absolute Gasteiger partial charge is 0.312 e. The summed E-state index contributed by atoms with van der Waals surface area (Å²) in [5.74, 6) is -0.527. The van der Waals surface area contributed by atoms with Crippen molar-refractivity contribution in [2.24, 2.45) is 0 Å². The molecule has 0 amide bonds. The summed E-state index contributed by atoms with van der Waals surface area (Å²) < 4.78 is 53.3. The van der Waals surface area contributed by atoms with Crippen LogP contribution < -0.4 is 4.31 Å². The van der Waals surface area contributed by atoms with Gasteiger partial charge in [0.05, 0.1) is 12.1 Å². The van der Waals surface area contributed by atoms with E-state index in [2.05, 4.69) is 0 Å². The molecule has 0 unspecified atom stereocenters. The molecule has 0 atom stereocenters. The van der Waals surface area contributed by atoms with Gasteiger partial charge in [-0.05, 0) is 30.3 Å². The first-order chi connectivity index (χ1) is 10.8. The molecule has 0 aliphatic rings. The Morgan fingerprint density at radius 3 is 2.26 bits per heavy atom. The third kappa shape index (κ3) is 4.25. The van der Waals surface area contributed by atoms with E-state index in [1.807, 2.05) is 0 Å². The number of carbonyl (C=O) groups is 1. The first-order valence-electron chi connectivity index (χ1n) is 6.57. The summed E-state index contributed by atoms with van der Waals surface area (Å²) in [6, 6.07) is 8.79. The van der Waals surface area contributed by atoms with Gasteiger partial charge in [0, 0.05) is 23.1 Å². The Morgan fingerprint density at radius 1 is 1.13 bits per heavy atom. The number of carbonyl (C=O) groups excluding carboxylic acids is 1. The fourth-order valence-corrected chi connectivity index (χ4v) is 2.60. The SMILES string of the molecule is CSN(Cc1ccc(C=O)cc1F)c1ccc(C(F)(F)F)cc1. The lowest BCUT2D eigenvalue weighted by Crippen LogP contribution is -2.15. The fourth-order valence-electron chi connectivity index (χ4n) is 2.00. The molecule has 0 N–H and O–H groups in total. The normalized spacial score (nSPS) is 11.3. The van der Waals surface area contributed by atoms with Crippen LogP contribution in [0.4, 0.5) is 23.2 Å². The van der Waals surface area contributed by atoms with Gasteiger partial charge in [0.25, 0.3) is 0 Å². The zero-order valence-corrected chi connectivity index (χ0v) is 12.9. The van der Waals surface area contributed by atoms with Crippen LogP contribution in [0.25, 0.3) is 0 Å². The van der Waals surface area contributed by atoms with Crippen molar-refractivity contribution >= 4 is 23.9 Å². The Morgan fingerprint density at radius 2 is 1.78 bits per heavy atom. The van der Waals surface area contributed by atoms with E-state index >= 15 is 0 Å². The molecule has 0 aromatic heterocycles. The zero-order valence-electron chi connectivity index (χ0n) is 12.1. The molecule has 0 aliphatic heterocycles. The predicted octanol–water partition coefficient (Wildman–Crippen LogP) is 4.94. The van der Waals surface area contributed by atoms with E-state index < -0.39 is 17.6 Å². The van der Waals surface area contributed by atoms with E-state index in [4.69, 9.17) is 0 Å². The Balaban J connectivity index is 2.21. The van der Waals surface area contributed by atoms with Gasteiger partial charge in [0.1, 0.15) is 12.1 Å². The summed E-state index contributed by atoms with van der Waals surface area (Å²) >= 11 is 1.27. The number of aldehydes is 1. The maximum atomic E-state index is 13.9. The number of nitrogens with zero attached hydrogens (tertiary/aromatic N) is 1. The molecule has 0 spiro atoms. The molecule has 2 aromatic carbocycles. The molecule has 0 heterocycles. The third-order valence-corrected chi connectivity index (χ3v) is 4.01. The quantitative estimate of drug-likeness (QED) is 0.436. The molecular formula is C16H13F4NOS. The highest BCUT2D eigenvalue weighted by molar-refractivity contribution is 7.99. The molecule has 7 heteroatoms. The summed E-state index contributed by atoms with van der Waals surface area (Å²) in [5, 5.41) is 0. The number of halogens is 4. The molecule has 2 rings (SSSR count). The van der Waals surface area contributed by atoms with Gasteiger partial charge in [-0.2, -0.15) is 13.2 Å². The topological polar surface area (TPSA) is 20.3 Å². The number of benzene rings is 2. The number of anilines is 1. The Bertz CT molecular complexity index is 685. The first-order valence-corrected chi connectivity index (χ1v) is 7.76. The van der Waals surface area contributed by atoms with Crippen LogP contribution in [0, 0.1) is 5.82 Å². The Kier molecular flexibility index (Phi) is 5.30. The van der Waals surface area contributed by atoms with Crippen LogP contribution in [0.5, 0.6) is 0 Å². The van der Waals surface area contributed by atoms with Crippen molar-refractivity contribution in [1.82, 2.24) is 0 Å². The summed E-state index contributed by atoms with van der Waals surface area (Å²) in [7, 11) is 0. The average Bonchev–Trinajstić information content (AvgIpc) is 2.53. The molecule has 0 radical (unpaired) electrons. The summed E-state index contributed by atoms with van der Waals surface area (Å²) in [6.07, 6.45) is -2.09. The molecular weight excluding hydrogens is 330 g/mol. The van der Waals surface area contributed by atoms with Gasteiger partial charge in [0.2, 0.25) is 0 Å². The predicted molar refractivity (Wildman–Crippen MR) is 82.9 cm³/mol. The maximum Gasteiger partial charge on any atom is 0.416 e. The summed E-state index contributed by atoms with van der Waals surface area (Å²) in [5.41, 5.74) is 0.384. The lowest BCUT2D eigenvalue weighted by atomic mass is 10.1. The molecule has 0 fully saturated rings. The number of alkyl halides is 3. The molecule has 122 valence electrons. The van der Waals surface area contributed by atoms with Crippen LogP contribution in [0.3, 0.4) is 0 Å². The Hall–Kier alpha value is -2.02. The van der Waals surface area contributed by atoms with Crippen molar-refractivity contribution in [2.75, 3.05) is 10.6 Å². The van der Waals surface area contributed by atoms with Crippen LogP contribution in [-0.4, -0.2) is 12.5 Å². The lowest BCUT2D eigenvalue weighted by Gasteiger charge is -2.22. The molecule has 2 aromatic rings. The lowest BCUT2D eigenvalue weighted by molar-refractivity contribution is -0.137. The molecule has 2 nitrogen and oxygen atoms in total. The highest BCUT2D eigenvalue weighted by atomic mass is 32.2. The minimum Gasteiger partial charge on any atom is -0.312 e. The van der Waals surface area contributed by atoms with Gasteiger partial charge >= 0.3 is 6.18 Å². The highest BCUT2D eigenvalue weighted by Gasteiger charge is 2.30. The number of hydrogen-bond donors (Lipinski definition) is 0. The van der Waals surface area contributed by atoms with Gasteiger partial charge < -0.3 is 4.31 Å². The highest BCUT2D eigenvalue weighted by Crippen LogP contribution is 2.32. The van der Waals surface area contributed by atoms with Crippen LogP contribution in [0.1, 0.15) is 21.5 Å². The number of rotatable bonds is 5. The van der Waals surface area contributed by atoms with Crippen molar-refractivity contribution in [1.29, 1.82) is 0 Å². The van der Waals surface area contributed by atoms with Crippen molar-refractivity contribution in [2.45, 2.75) is 12.7 Å². The second kappa shape index (κ2) is 7.04. The standard InChI is InChI=1S/C16H13F4NOS/c1-23-21(9-12-3-2-11(10-22)8-15(12)17)14-6-4-13(5-7-14)16(18,19)20/h2-8,10H,9H2,1H3. The van der Waals surface area contributed by atoms with Crippen molar-refractivity contribution in [3.63, 3.8) is 0 Å². The van der Waals surface area contributed by atoms with Crippen molar-refractivity contribution < 1.29 is 22.4 Å². The zero-order chi connectivity index (χ0) is 17.0. The van der Waals surface area contributed by atoms with E-state index in [-0.39, 0.29) is 12.1 Å². The van der Waals surface area contributed by atoms with Crippen LogP contribution >= 0.6 is 11.9 Å². The van der Waals surface area contributed by atoms with E-state index in [9.17, 15) is 22.4 Å². The van der Waals surface area contributed by atoms with E-state index in [0.29, 0.717) is 17.5 Å². The van der Waals surface area contributed by atoms with E-state index in [1.54, 1.807) is 10.6 Å². The van der Waals surface area contributed by atoms with E-state index in [1.165, 1.54) is 36.2 Å². The van der Waals surface area contributed by atoms with Gasteiger partial charge in [-0.15, -0.1) is 0 Å². The molecule has 0 saturated heterocycles. The summed E-state index contributed by atoms with van der Waals surface area (Å²) in [6.45, 7) is 0.164. The monoisotopic (exact) mass is 343 g/mol. The van der Waals surface area contributed by atoms with Gasteiger partial charge in [-0.25, -0.2) is 4.39 Å². The van der Waals surface area contributed by atoms with Gasteiger partial charge in [-0.1, -0.05) is 24.1 Å². The minimum atomic E-state index is -4.39. The molecule has 0 aliphatic carbocycles. The average molecular weight is 343 g/mol. The number of hydrogen-bond acceptors (Lipinski definition) is 3. The van der Waals surface area contributed by atoms with Crippen LogP contribution in [0.2, 0.25) is 0 Å². The van der Waals surface area contributed by atoms with Crippen molar-refractivity contribution in [3.05, 3.63) is 65.0 Å². The largest absolute Gasteiger partial charge is 0.416 e. The van der Waals surface area contributed by atoms with Crippen LogP contribution in [-0.2, 0) is 12.7 Å².